The second kappa shape index (κ2) is 4.84. The van der Waals surface area contributed by atoms with Gasteiger partial charge in [0.1, 0.15) is 0 Å². The van der Waals surface area contributed by atoms with E-state index < -0.39 is 10.0 Å². The number of sulfonamides is 1. The smallest absolute Gasteiger partial charge is 0.234 e. The van der Waals surface area contributed by atoms with Gasteiger partial charge in [-0.05, 0) is 5.92 Å². The van der Waals surface area contributed by atoms with Crippen LogP contribution in [0.5, 0.6) is 0 Å². The molecule has 0 aromatic carbocycles. The van der Waals surface area contributed by atoms with Gasteiger partial charge in [0.05, 0.1) is 5.75 Å². The van der Waals surface area contributed by atoms with Crippen LogP contribution in [0.2, 0.25) is 0 Å². The molecular weight excluding hydrogens is 228 g/mol. The van der Waals surface area contributed by atoms with Gasteiger partial charge < -0.3 is 5.73 Å². The van der Waals surface area contributed by atoms with Crippen LogP contribution < -0.4 is 10.5 Å². The van der Waals surface area contributed by atoms with Gasteiger partial charge in [0, 0.05) is 25.4 Å². The SMILES string of the molecule is CC(C)CS(=O)(=O)Nc1nn(C)cc1CN. The van der Waals surface area contributed by atoms with E-state index in [0.29, 0.717) is 11.4 Å². The zero-order valence-electron chi connectivity index (χ0n) is 9.77. The first-order valence-corrected chi connectivity index (χ1v) is 6.72. The summed E-state index contributed by atoms with van der Waals surface area (Å²) in [6.07, 6.45) is 1.70. The predicted octanol–water partition coefficient (Wildman–Crippen LogP) is 0.277. The molecule has 3 N–H and O–H groups in total. The number of nitrogens with two attached hydrogens (primary N) is 1. The van der Waals surface area contributed by atoms with E-state index in [1.807, 2.05) is 13.8 Å². The highest BCUT2D eigenvalue weighted by Crippen LogP contribution is 2.14. The fourth-order valence-electron chi connectivity index (χ4n) is 1.40. The number of aromatic nitrogens is 2. The maximum Gasteiger partial charge on any atom is 0.234 e. The molecule has 0 saturated carbocycles. The summed E-state index contributed by atoms with van der Waals surface area (Å²) >= 11 is 0. The van der Waals surface area contributed by atoms with Crippen molar-refractivity contribution in [3.63, 3.8) is 0 Å². The van der Waals surface area contributed by atoms with Crippen molar-refractivity contribution >= 4 is 15.8 Å². The van der Waals surface area contributed by atoms with Crippen molar-refractivity contribution in [2.24, 2.45) is 18.7 Å². The molecule has 0 aliphatic carbocycles. The fraction of sp³-hybridized carbons (Fsp3) is 0.667. The van der Waals surface area contributed by atoms with E-state index >= 15 is 0 Å². The summed E-state index contributed by atoms with van der Waals surface area (Å²) in [4.78, 5) is 0. The second-order valence-electron chi connectivity index (χ2n) is 4.16. The largest absolute Gasteiger partial charge is 0.326 e. The topological polar surface area (TPSA) is 90.0 Å². The Hall–Kier alpha value is -1.08. The van der Waals surface area contributed by atoms with Crippen LogP contribution in [0.25, 0.3) is 0 Å². The molecule has 0 radical (unpaired) electrons. The maximum atomic E-state index is 11.7. The van der Waals surface area contributed by atoms with Crippen molar-refractivity contribution in [1.29, 1.82) is 0 Å². The molecule has 0 amide bonds. The molecule has 7 heteroatoms. The van der Waals surface area contributed by atoms with E-state index in [0.717, 1.165) is 0 Å². The molecule has 0 fully saturated rings. The highest BCUT2D eigenvalue weighted by Gasteiger charge is 2.16. The second-order valence-corrected chi connectivity index (χ2v) is 5.93. The van der Waals surface area contributed by atoms with Gasteiger partial charge >= 0.3 is 0 Å². The van der Waals surface area contributed by atoms with Crippen LogP contribution in [0.3, 0.4) is 0 Å². The molecule has 6 nitrogen and oxygen atoms in total. The molecule has 0 bridgehead atoms. The lowest BCUT2D eigenvalue weighted by atomic mass is 10.3. The van der Waals surface area contributed by atoms with Gasteiger partial charge in [-0.1, -0.05) is 13.8 Å². The minimum atomic E-state index is -3.33. The number of nitrogens with one attached hydrogen (secondary N) is 1. The molecule has 0 spiro atoms. The van der Waals surface area contributed by atoms with E-state index in [1.54, 1.807) is 13.2 Å². The van der Waals surface area contributed by atoms with Gasteiger partial charge in [-0.25, -0.2) is 8.42 Å². The van der Waals surface area contributed by atoms with Crippen LogP contribution in [0, 0.1) is 5.92 Å². The predicted molar refractivity (Wildman–Crippen MR) is 63.3 cm³/mol. The minimum Gasteiger partial charge on any atom is -0.326 e. The third kappa shape index (κ3) is 3.49. The first kappa shape index (κ1) is 13.0. The average Bonchev–Trinajstić information content (AvgIpc) is 2.42. The van der Waals surface area contributed by atoms with Gasteiger partial charge in [0.15, 0.2) is 5.82 Å². The standard InChI is InChI=1S/C9H18N4O2S/c1-7(2)6-16(14,15)12-9-8(4-10)5-13(3)11-9/h5,7H,4,6,10H2,1-3H3,(H,11,12). The Morgan fingerprint density at radius 1 is 1.56 bits per heavy atom. The van der Waals surface area contributed by atoms with Crippen molar-refractivity contribution in [3.05, 3.63) is 11.8 Å². The van der Waals surface area contributed by atoms with Crippen molar-refractivity contribution in [3.8, 4) is 0 Å². The van der Waals surface area contributed by atoms with E-state index in [2.05, 4.69) is 9.82 Å². The lowest BCUT2D eigenvalue weighted by Crippen LogP contribution is -2.21. The summed E-state index contributed by atoms with van der Waals surface area (Å²) in [6, 6.07) is 0. The normalized spacial score (nSPS) is 12.1. The molecule has 0 atom stereocenters. The van der Waals surface area contributed by atoms with Crippen molar-refractivity contribution < 1.29 is 8.42 Å². The maximum absolute atomic E-state index is 11.7. The molecule has 1 heterocycles. The molecule has 1 aromatic rings. The molecule has 1 rings (SSSR count). The first-order valence-electron chi connectivity index (χ1n) is 5.07. The van der Waals surface area contributed by atoms with Gasteiger partial charge in [-0.2, -0.15) is 5.10 Å². The van der Waals surface area contributed by atoms with Crippen molar-refractivity contribution in [1.82, 2.24) is 9.78 Å². The van der Waals surface area contributed by atoms with E-state index in [4.69, 9.17) is 5.73 Å². The Balaban J connectivity index is 2.87. The highest BCUT2D eigenvalue weighted by molar-refractivity contribution is 7.92. The Morgan fingerprint density at radius 2 is 2.19 bits per heavy atom. The number of nitrogens with zero attached hydrogens (tertiary/aromatic N) is 2. The number of aryl methyl sites for hydroxylation is 1. The number of hydrogen-bond donors (Lipinski definition) is 2. The Bertz CT molecular complexity index is 450. The molecule has 1 aromatic heterocycles. The first-order chi connectivity index (χ1) is 7.34. The monoisotopic (exact) mass is 246 g/mol. The van der Waals surface area contributed by atoms with Crippen molar-refractivity contribution in [2.75, 3.05) is 10.5 Å². The van der Waals surface area contributed by atoms with Gasteiger partial charge in [0.25, 0.3) is 0 Å². The van der Waals surface area contributed by atoms with E-state index in [9.17, 15) is 8.42 Å². The third-order valence-corrected chi connectivity index (χ3v) is 3.54. The van der Waals surface area contributed by atoms with Crippen LogP contribution in [-0.2, 0) is 23.6 Å². The summed E-state index contributed by atoms with van der Waals surface area (Å²) in [5.74, 6) is 0.473. The van der Waals surface area contributed by atoms with Crippen molar-refractivity contribution in [2.45, 2.75) is 20.4 Å². The number of rotatable bonds is 5. The van der Waals surface area contributed by atoms with E-state index in [1.165, 1.54) is 4.68 Å². The van der Waals surface area contributed by atoms with Gasteiger partial charge in [-0.15, -0.1) is 0 Å². The Labute approximate surface area is 95.9 Å². The molecule has 0 aliphatic heterocycles. The molecular formula is C9H18N4O2S. The summed E-state index contributed by atoms with van der Waals surface area (Å²) in [6.45, 7) is 3.95. The summed E-state index contributed by atoms with van der Waals surface area (Å²) in [7, 11) is -1.61. The molecule has 92 valence electrons. The van der Waals surface area contributed by atoms with Crippen LogP contribution in [-0.4, -0.2) is 24.0 Å². The molecule has 16 heavy (non-hydrogen) atoms. The Kier molecular flexibility index (Phi) is 3.93. The molecule has 0 saturated heterocycles. The van der Waals surface area contributed by atoms with Gasteiger partial charge in [-0.3, -0.25) is 9.40 Å². The summed E-state index contributed by atoms with van der Waals surface area (Å²) in [5, 5.41) is 4.02. The van der Waals surface area contributed by atoms with Crippen LogP contribution in [0.1, 0.15) is 19.4 Å². The van der Waals surface area contributed by atoms with Crippen LogP contribution in [0.4, 0.5) is 5.82 Å². The zero-order valence-corrected chi connectivity index (χ0v) is 10.6. The van der Waals surface area contributed by atoms with Crippen LogP contribution >= 0.6 is 0 Å². The lowest BCUT2D eigenvalue weighted by molar-refractivity contribution is 0.587. The summed E-state index contributed by atoms with van der Waals surface area (Å²) in [5.41, 5.74) is 6.19. The minimum absolute atomic E-state index is 0.0718. The number of hydrogen-bond acceptors (Lipinski definition) is 4. The van der Waals surface area contributed by atoms with E-state index in [-0.39, 0.29) is 18.2 Å². The zero-order chi connectivity index (χ0) is 12.3. The highest BCUT2D eigenvalue weighted by atomic mass is 32.2. The number of anilines is 1. The molecule has 0 aliphatic rings. The third-order valence-electron chi connectivity index (χ3n) is 1.93. The summed E-state index contributed by atoms with van der Waals surface area (Å²) < 4.78 is 27.4. The average molecular weight is 246 g/mol. The molecule has 0 unspecified atom stereocenters. The van der Waals surface area contributed by atoms with Crippen LogP contribution in [0.15, 0.2) is 6.20 Å². The Morgan fingerprint density at radius 3 is 2.69 bits per heavy atom. The fourth-order valence-corrected chi connectivity index (χ4v) is 2.83. The lowest BCUT2D eigenvalue weighted by Gasteiger charge is -2.08. The quantitative estimate of drug-likeness (QED) is 0.780. The van der Waals surface area contributed by atoms with Gasteiger partial charge in [0.2, 0.25) is 10.0 Å².